The third-order valence-electron chi connectivity index (χ3n) is 3.40. The Balaban J connectivity index is 2.11. The van der Waals surface area contributed by atoms with E-state index in [9.17, 15) is 18.0 Å². The number of nitrogens with zero attached hydrogens (tertiary/aromatic N) is 2. The fourth-order valence-electron chi connectivity index (χ4n) is 2.27. The number of rotatable bonds is 5. The van der Waals surface area contributed by atoms with Gasteiger partial charge in [-0.05, 0) is 24.5 Å². The maximum Gasteiger partial charge on any atom is 0.326 e. The Hall–Kier alpha value is -2.16. The molecule has 2 N–H and O–H groups in total. The summed E-state index contributed by atoms with van der Waals surface area (Å²) >= 11 is 0. The highest BCUT2D eigenvalue weighted by Gasteiger charge is 2.27. The summed E-state index contributed by atoms with van der Waals surface area (Å²) in [5, 5.41) is 11.7. The van der Waals surface area contributed by atoms with Gasteiger partial charge in [-0.1, -0.05) is 13.8 Å². The molecule has 2 heterocycles. The Labute approximate surface area is 134 Å². The monoisotopic (exact) mass is 341 g/mol. The van der Waals surface area contributed by atoms with E-state index in [1.54, 1.807) is 4.90 Å². The normalized spacial score (nSPS) is 20.4. The molecular formula is C14H19N3O5S. The number of fused-ring (bicyclic) bond motifs is 1. The van der Waals surface area contributed by atoms with Gasteiger partial charge in [0.05, 0.1) is 11.3 Å². The zero-order chi connectivity index (χ0) is 17.2. The highest BCUT2D eigenvalue weighted by Crippen LogP contribution is 2.16. The molecule has 0 aromatic heterocycles. The first-order valence-corrected chi connectivity index (χ1v) is 8.82. The first-order valence-electron chi connectivity index (χ1n) is 7.21. The molecule has 0 unspecified atom stereocenters. The molecular weight excluding hydrogens is 322 g/mol. The van der Waals surface area contributed by atoms with E-state index in [4.69, 9.17) is 5.11 Å². The van der Waals surface area contributed by atoms with E-state index >= 15 is 0 Å². The van der Waals surface area contributed by atoms with Crippen LogP contribution in [0.4, 0.5) is 0 Å². The average molecular weight is 341 g/mol. The van der Waals surface area contributed by atoms with Gasteiger partial charge in [-0.15, -0.1) is 4.40 Å². The third kappa shape index (κ3) is 4.41. The van der Waals surface area contributed by atoms with Crippen molar-refractivity contribution in [3.63, 3.8) is 0 Å². The van der Waals surface area contributed by atoms with Crippen LogP contribution in [0.2, 0.25) is 0 Å². The number of aliphatic carboxylic acids is 1. The third-order valence-corrected chi connectivity index (χ3v) is 4.56. The van der Waals surface area contributed by atoms with Gasteiger partial charge in [0.15, 0.2) is 0 Å². The number of carboxylic acid groups (broad SMARTS) is 1. The van der Waals surface area contributed by atoms with E-state index in [2.05, 4.69) is 9.71 Å². The quantitative estimate of drug-likeness (QED) is 0.732. The predicted molar refractivity (Wildman–Crippen MR) is 84.2 cm³/mol. The van der Waals surface area contributed by atoms with E-state index in [-0.39, 0.29) is 29.6 Å². The van der Waals surface area contributed by atoms with E-state index in [0.717, 1.165) is 0 Å². The molecule has 2 aliphatic heterocycles. The number of hydrogen-bond donors (Lipinski definition) is 2. The predicted octanol–water partition coefficient (Wildman–Crippen LogP) is 0.0995. The number of amides is 1. The van der Waals surface area contributed by atoms with Crippen molar-refractivity contribution in [2.45, 2.75) is 26.3 Å². The Morgan fingerprint density at radius 2 is 2.09 bits per heavy atom. The molecule has 126 valence electrons. The second-order valence-corrected chi connectivity index (χ2v) is 7.60. The van der Waals surface area contributed by atoms with Crippen LogP contribution in [-0.2, 0) is 19.6 Å². The Bertz CT molecular complexity index is 706. The van der Waals surface area contributed by atoms with Crippen LogP contribution < -0.4 is 5.32 Å². The first kappa shape index (κ1) is 17.2. The molecule has 2 rings (SSSR count). The van der Waals surface area contributed by atoms with Gasteiger partial charge in [-0.3, -0.25) is 4.79 Å². The van der Waals surface area contributed by atoms with Crippen LogP contribution in [0.25, 0.3) is 0 Å². The van der Waals surface area contributed by atoms with Gasteiger partial charge in [0, 0.05) is 12.7 Å². The number of nitrogens with one attached hydrogen (secondary N) is 1. The first-order chi connectivity index (χ1) is 10.7. The van der Waals surface area contributed by atoms with Gasteiger partial charge in [0.1, 0.15) is 11.9 Å². The van der Waals surface area contributed by atoms with Crippen molar-refractivity contribution in [2.75, 3.05) is 12.3 Å². The molecule has 23 heavy (non-hydrogen) atoms. The van der Waals surface area contributed by atoms with Crippen LogP contribution in [0.15, 0.2) is 28.3 Å². The smallest absolute Gasteiger partial charge is 0.326 e. The summed E-state index contributed by atoms with van der Waals surface area (Å²) in [5.74, 6) is -1.34. The number of sulfonamides is 1. The van der Waals surface area contributed by atoms with Crippen LogP contribution in [0, 0.1) is 5.92 Å². The summed E-state index contributed by atoms with van der Waals surface area (Å²) in [6.07, 6.45) is 4.67. The van der Waals surface area contributed by atoms with Crippen molar-refractivity contribution < 1.29 is 23.1 Å². The summed E-state index contributed by atoms with van der Waals surface area (Å²) in [6, 6.07) is -0.964. The van der Waals surface area contributed by atoms with Crippen molar-refractivity contribution in [3.8, 4) is 0 Å². The van der Waals surface area contributed by atoms with Crippen LogP contribution >= 0.6 is 0 Å². The molecule has 0 bridgehead atoms. The molecule has 0 fully saturated rings. The van der Waals surface area contributed by atoms with Gasteiger partial charge in [0.2, 0.25) is 0 Å². The Morgan fingerprint density at radius 3 is 2.70 bits per heavy atom. The second-order valence-electron chi connectivity index (χ2n) is 5.84. The molecule has 1 atom stereocenters. The van der Waals surface area contributed by atoms with E-state index in [1.165, 1.54) is 18.4 Å². The molecule has 8 nitrogen and oxygen atoms in total. The average Bonchev–Trinajstić information content (AvgIpc) is 2.44. The van der Waals surface area contributed by atoms with Gasteiger partial charge < -0.3 is 15.3 Å². The minimum absolute atomic E-state index is 0.123. The lowest BCUT2D eigenvalue weighted by Crippen LogP contribution is -2.43. The molecule has 0 spiro atoms. The molecule has 1 amide bonds. The molecule has 2 aliphatic rings. The topological polar surface area (TPSA) is 116 Å². The van der Waals surface area contributed by atoms with Crippen molar-refractivity contribution in [1.29, 1.82) is 0 Å². The van der Waals surface area contributed by atoms with Crippen molar-refractivity contribution >= 4 is 27.7 Å². The Kier molecular flexibility index (Phi) is 4.88. The number of carbonyl (C=O) groups excluding carboxylic acids is 1. The van der Waals surface area contributed by atoms with Crippen LogP contribution in [0.1, 0.15) is 20.3 Å². The highest BCUT2D eigenvalue weighted by molar-refractivity contribution is 7.90. The lowest BCUT2D eigenvalue weighted by Gasteiger charge is -2.27. The molecule has 0 aromatic carbocycles. The summed E-state index contributed by atoms with van der Waals surface area (Å²) in [4.78, 5) is 25.0. The maximum absolute atomic E-state index is 12.2. The number of carbonyl (C=O) groups is 2. The molecule has 0 saturated heterocycles. The molecule has 0 aromatic rings. The van der Waals surface area contributed by atoms with Gasteiger partial charge in [0.25, 0.3) is 15.9 Å². The molecule has 0 radical (unpaired) electrons. The van der Waals surface area contributed by atoms with Crippen molar-refractivity contribution in [2.24, 2.45) is 10.3 Å². The minimum Gasteiger partial charge on any atom is -0.480 e. The standard InChI is InChI=1S/C14H19N3O5S/c1-9(2)7-11(14(19)20)15-13(18)10-3-4-12-16-23(21,22)6-5-17(12)8-10/h3-4,8-9,11H,5-7H2,1-2H3,(H,15,18)(H,19,20)/t11-/m1/s1. The van der Waals surface area contributed by atoms with E-state index < -0.39 is 27.9 Å². The van der Waals surface area contributed by atoms with Crippen LogP contribution in [0.5, 0.6) is 0 Å². The SMILES string of the molecule is CC(C)C[C@@H](NC(=O)C1=CN2CCS(=O)(=O)N=C2C=C1)C(=O)O. The lowest BCUT2D eigenvalue weighted by molar-refractivity contribution is -0.141. The summed E-state index contributed by atoms with van der Waals surface area (Å²) in [6.45, 7) is 3.95. The Morgan fingerprint density at radius 1 is 1.39 bits per heavy atom. The van der Waals surface area contributed by atoms with Crippen LogP contribution in [0.3, 0.4) is 0 Å². The number of hydrogen-bond acceptors (Lipinski definition) is 5. The second kappa shape index (κ2) is 6.53. The summed E-state index contributed by atoms with van der Waals surface area (Å²) in [7, 11) is -3.45. The van der Waals surface area contributed by atoms with Crippen molar-refractivity contribution in [1.82, 2.24) is 10.2 Å². The largest absolute Gasteiger partial charge is 0.480 e. The summed E-state index contributed by atoms with van der Waals surface area (Å²) in [5.41, 5.74) is 0.262. The van der Waals surface area contributed by atoms with Gasteiger partial charge in [-0.25, -0.2) is 13.2 Å². The van der Waals surface area contributed by atoms with E-state index in [1.807, 2.05) is 13.8 Å². The summed E-state index contributed by atoms with van der Waals surface area (Å²) < 4.78 is 26.5. The van der Waals surface area contributed by atoms with Crippen molar-refractivity contribution in [3.05, 3.63) is 23.9 Å². The number of amidine groups is 1. The molecule has 0 aliphatic carbocycles. The molecule has 9 heteroatoms. The fourth-order valence-corrected chi connectivity index (χ4v) is 3.24. The zero-order valence-electron chi connectivity index (χ0n) is 12.9. The lowest BCUT2D eigenvalue weighted by atomic mass is 10.0. The highest BCUT2D eigenvalue weighted by atomic mass is 32.2. The number of carboxylic acids is 1. The zero-order valence-corrected chi connectivity index (χ0v) is 13.7. The fraction of sp³-hybridized carbons (Fsp3) is 0.500. The maximum atomic E-state index is 12.2. The van der Waals surface area contributed by atoms with E-state index in [0.29, 0.717) is 6.42 Å². The van der Waals surface area contributed by atoms with Gasteiger partial charge in [-0.2, -0.15) is 0 Å². The van der Waals surface area contributed by atoms with Crippen LogP contribution in [-0.4, -0.2) is 54.5 Å². The molecule has 0 saturated carbocycles. The van der Waals surface area contributed by atoms with Gasteiger partial charge >= 0.3 is 5.97 Å². The minimum atomic E-state index is -3.45.